The SMILES string of the molecule is Cc1ccc(-c2nnc(SCC(=O)N(Cc3nnc(-c4ccccc4Cl)o3)C(C)C)n2C)cc1. The Labute approximate surface area is 207 Å². The van der Waals surface area contributed by atoms with Crippen LogP contribution in [0, 0.1) is 6.92 Å². The molecule has 2 aromatic carbocycles. The smallest absolute Gasteiger partial charge is 0.249 e. The number of nitrogens with zero attached hydrogens (tertiary/aromatic N) is 6. The third-order valence-electron chi connectivity index (χ3n) is 5.29. The summed E-state index contributed by atoms with van der Waals surface area (Å²) in [6.45, 7) is 6.15. The summed E-state index contributed by atoms with van der Waals surface area (Å²) in [5, 5.41) is 18.0. The Morgan fingerprint density at radius 2 is 1.82 bits per heavy atom. The van der Waals surface area contributed by atoms with Crippen LogP contribution in [0.2, 0.25) is 5.02 Å². The van der Waals surface area contributed by atoms with Gasteiger partial charge in [0.05, 0.1) is 22.9 Å². The van der Waals surface area contributed by atoms with Gasteiger partial charge in [-0.15, -0.1) is 20.4 Å². The highest BCUT2D eigenvalue weighted by molar-refractivity contribution is 7.99. The fourth-order valence-electron chi connectivity index (χ4n) is 3.37. The van der Waals surface area contributed by atoms with E-state index >= 15 is 0 Å². The van der Waals surface area contributed by atoms with Gasteiger partial charge in [0.15, 0.2) is 11.0 Å². The number of thioether (sulfide) groups is 1. The molecule has 4 aromatic rings. The molecule has 34 heavy (non-hydrogen) atoms. The molecule has 0 unspecified atom stereocenters. The molecule has 0 aliphatic carbocycles. The van der Waals surface area contributed by atoms with Crippen molar-refractivity contribution in [3.05, 3.63) is 65.0 Å². The van der Waals surface area contributed by atoms with E-state index in [-0.39, 0.29) is 24.2 Å². The number of halogens is 1. The lowest BCUT2D eigenvalue weighted by molar-refractivity contribution is -0.131. The minimum atomic E-state index is -0.0580. The van der Waals surface area contributed by atoms with Crippen molar-refractivity contribution in [3.8, 4) is 22.8 Å². The van der Waals surface area contributed by atoms with Gasteiger partial charge in [-0.2, -0.15) is 0 Å². The van der Waals surface area contributed by atoms with E-state index in [9.17, 15) is 4.79 Å². The van der Waals surface area contributed by atoms with Gasteiger partial charge in [0.1, 0.15) is 0 Å². The number of benzene rings is 2. The van der Waals surface area contributed by atoms with Gasteiger partial charge in [0, 0.05) is 18.7 Å². The summed E-state index contributed by atoms with van der Waals surface area (Å²) in [5.74, 6) is 1.59. The standard InChI is InChI=1S/C24H25ClN6O2S/c1-15(2)31(13-20-26-28-23(33-20)18-7-5-6-8-19(18)25)21(32)14-34-24-29-27-22(30(24)4)17-11-9-16(3)10-12-17/h5-12,15H,13-14H2,1-4H3. The molecule has 0 saturated carbocycles. The summed E-state index contributed by atoms with van der Waals surface area (Å²) >= 11 is 7.57. The van der Waals surface area contributed by atoms with Gasteiger partial charge >= 0.3 is 0 Å². The number of amides is 1. The minimum Gasteiger partial charge on any atom is -0.419 e. The zero-order valence-electron chi connectivity index (χ0n) is 19.4. The fourth-order valence-corrected chi connectivity index (χ4v) is 4.38. The first-order valence-electron chi connectivity index (χ1n) is 10.8. The van der Waals surface area contributed by atoms with E-state index in [2.05, 4.69) is 20.4 Å². The van der Waals surface area contributed by atoms with Crippen LogP contribution in [-0.2, 0) is 18.4 Å². The molecule has 0 spiro atoms. The number of carbonyl (C=O) groups is 1. The highest BCUT2D eigenvalue weighted by Crippen LogP contribution is 2.27. The van der Waals surface area contributed by atoms with E-state index in [1.165, 1.54) is 17.3 Å². The first-order chi connectivity index (χ1) is 16.3. The van der Waals surface area contributed by atoms with Crippen molar-refractivity contribution >= 4 is 29.3 Å². The maximum atomic E-state index is 13.1. The summed E-state index contributed by atoms with van der Waals surface area (Å²) in [7, 11) is 1.90. The average molecular weight is 497 g/mol. The highest BCUT2D eigenvalue weighted by Gasteiger charge is 2.22. The molecule has 0 saturated heterocycles. The third-order valence-corrected chi connectivity index (χ3v) is 6.62. The van der Waals surface area contributed by atoms with Crippen LogP contribution in [0.5, 0.6) is 0 Å². The maximum Gasteiger partial charge on any atom is 0.249 e. The number of aryl methyl sites for hydroxylation is 1. The van der Waals surface area contributed by atoms with Crippen molar-refractivity contribution in [3.63, 3.8) is 0 Å². The van der Waals surface area contributed by atoms with Gasteiger partial charge in [-0.25, -0.2) is 0 Å². The van der Waals surface area contributed by atoms with Gasteiger partial charge in [-0.3, -0.25) is 4.79 Å². The molecule has 0 N–H and O–H groups in total. The first-order valence-corrected chi connectivity index (χ1v) is 12.2. The molecule has 4 rings (SSSR count). The number of hydrogen-bond acceptors (Lipinski definition) is 7. The largest absolute Gasteiger partial charge is 0.419 e. The predicted octanol–water partition coefficient (Wildman–Crippen LogP) is 5.02. The van der Waals surface area contributed by atoms with Crippen LogP contribution in [0.4, 0.5) is 0 Å². The van der Waals surface area contributed by atoms with Crippen molar-refractivity contribution in [2.75, 3.05) is 5.75 Å². The second kappa shape index (κ2) is 10.4. The second-order valence-corrected chi connectivity index (χ2v) is 9.47. The van der Waals surface area contributed by atoms with Crippen LogP contribution in [-0.4, -0.2) is 47.6 Å². The van der Waals surface area contributed by atoms with E-state index in [1.807, 2.05) is 74.9 Å². The van der Waals surface area contributed by atoms with Gasteiger partial charge < -0.3 is 13.9 Å². The number of carbonyl (C=O) groups excluding carboxylic acids is 1. The van der Waals surface area contributed by atoms with Crippen molar-refractivity contribution in [1.29, 1.82) is 0 Å². The molecular formula is C24H25ClN6O2S. The molecule has 176 valence electrons. The predicted molar refractivity (Wildman–Crippen MR) is 132 cm³/mol. The molecular weight excluding hydrogens is 472 g/mol. The van der Waals surface area contributed by atoms with Crippen molar-refractivity contribution < 1.29 is 9.21 Å². The Hall–Kier alpha value is -3.17. The number of hydrogen-bond donors (Lipinski definition) is 0. The summed E-state index contributed by atoms with van der Waals surface area (Å²) in [4.78, 5) is 14.8. The van der Waals surface area contributed by atoms with Gasteiger partial charge in [-0.1, -0.05) is 65.3 Å². The van der Waals surface area contributed by atoms with E-state index in [0.717, 1.165) is 11.4 Å². The van der Waals surface area contributed by atoms with E-state index < -0.39 is 0 Å². The van der Waals surface area contributed by atoms with Crippen LogP contribution in [0.1, 0.15) is 25.3 Å². The van der Waals surface area contributed by atoms with Crippen LogP contribution in [0.25, 0.3) is 22.8 Å². The van der Waals surface area contributed by atoms with Crippen molar-refractivity contribution in [1.82, 2.24) is 29.9 Å². The Bertz CT molecular complexity index is 1280. The van der Waals surface area contributed by atoms with Crippen LogP contribution in [0.3, 0.4) is 0 Å². The Morgan fingerprint density at radius 1 is 1.09 bits per heavy atom. The molecule has 0 aliphatic heterocycles. The zero-order valence-corrected chi connectivity index (χ0v) is 21.0. The molecule has 10 heteroatoms. The summed E-state index contributed by atoms with van der Waals surface area (Å²) in [6, 6.07) is 15.3. The molecule has 2 aromatic heterocycles. The Morgan fingerprint density at radius 3 is 2.53 bits per heavy atom. The van der Waals surface area contributed by atoms with Crippen LogP contribution >= 0.6 is 23.4 Å². The minimum absolute atomic E-state index is 0.0496. The van der Waals surface area contributed by atoms with E-state index in [0.29, 0.717) is 27.5 Å². The van der Waals surface area contributed by atoms with Crippen LogP contribution < -0.4 is 0 Å². The highest BCUT2D eigenvalue weighted by atomic mass is 35.5. The molecule has 0 aliphatic rings. The molecule has 0 bridgehead atoms. The molecule has 2 heterocycles. The molecule has 8 nitrogen and oxygen atoms in total. The molecule has 0 radical (unpaired) electrons. The zero-order chi connectivity index (χ0) is 24.2. The third kappa shape index (κ3) is 5.31. The van der Waals surface area contributed by atoms with Gasteiger partial charge in [0.2, 0.25) is 17.7 Å². The first kappa shape index (κ1) is 24.0. The molecule has 0 atom stereocenters. The molecule has 1 amide bonds. The van der Waals surface area contributed by atoms with E-state index in [4.69, 9.17) is 16.0 Å². The number of aromatic nitrogens is 5. The van der Waals surface area contributed by atoms with Crippen molar-refractivity contribution in [2.45, 2.75) is 38.5 Å². The number of rotatable bonds is 8. The maximum absolute atomic E-state index is 13.1. The Balaban J connectivity index is 1.42. The summed E-state index contributed by atoms with van der Waals surface area (Å²) < 4.78 is 7.69. The lowest BCUT2D eigenvalue weighted by Gasteiger charge is -2.25. The monoisotopic (exact) mass is 496 g/mol. The second-order valence-electron chi connectivity index (χ2n) is 8.12. The van der Waals surface area contributed by atoms with Gasteiger partial charge in [0.25, 0.3) is 0 Å². The summed E-state index contributed by atoms with van der Waals surface area (Å²) in [5.41, 5.74) is 2.82. The van der Waals surface area contributed by atoms with Crippen molar-refractivity contribution in [2.24, 2.45) is 7.05 Å². The summed E-state index contributed by atoms with van der Waals surface area (Å²) in [6.07, 6.45) is 0. The van der Waals surface area contributed by atoms with Gasteiger partial charge in [-0.05, 0) is 32.9 Å². The molecule has 0 fully saturated rings. The average Bonchev–Trinajstić information content (AvgIpc) is 3.43. The lowest BCUT2D eigenvalue weighted by Crippen LogP contribution is -2.37. The van der Waals surface area contributed by atoms with E-state index in [1.54, 1.807) is 11.0 Å². The Kier molecular flexibility index (Phi) is 7.33. The quantitative estimate of drug-likeness (QED) is 0.316. The lowest BCUT2D eigenvalue weighted by atomic mass is 10.1. The fraction of sp³-hybridized carbons (Fsp3) is 0.292. The normalized spacial score (nSPS) is 11.2. The van der Waals surface area contributed by atoms with Crippen LogP contribution in [0.15, 0.2) is 58.1 Å². The topological polar surface area (TPSA) is 89.9 Å².